The van der Waals surface area contributed by atoms with Gasteiger partial charge in [0.05, 0.1) is 12.8 Å². The summed E-state index contributed by atoms with van der Waals surface area (Å²) in [6, 6.07) is 21.1. The van der Waals surface area contributed by atoms with Gasteiger partial charge in [-0.3, -0.25) is 9.59 Å². The monoisotopic (exact) mass is 473 g/mol. The van der Waals surface area contributed by atoms with Crippen LogP contribution in [0.4, 0.5) is 5.69 Å². The van der Waals surface area contributed by atoms with Crippen molar-refractivity contribution >= 4 is 23.7 Å². The van der Waals surface area contributed by atoms with Crippen LogP contribution in [0.1, 0.15) is 42.0 Å². The summed E-state index contributed by atoms with van der Waals surface area (Å²) in [5.41, 5.74) is 7.28. The number of carbonyl (C=O) groups is 2. The molecule has 7 heteroatoms. The van der Waals surface area contributed by atoms with Gasteiger partial charge < -0.3 is 14.8 Å². The minimum atomic E-state index is -0.344. The van der Waals surface area contributed by atoms with Gasteiger partial charge in [0, 0.05) is 18.5 Å². The van der Waals surface area contributed by atoms with E-state index in [0.717, 1.165) is 16.7 Å². The fourth-order valence-electron chi connectivity index (χ4n) is 3.16. The molecular weight excluding hydrogens is 442 g/mol. The summed E-state index contributed by atoms with van der Waals surface area (Å²) in [5, 5.41) is 6.76. The molecule has 3 aromatic rings. The molecule has 0 aliphatic rings. The van der Waals surface area contributed by atoms with Crippen molar-refractivity contribution in [3.8, 4) is 11.5 Å². The van der Waals surface area contributed by atoms with Gasteiger partial charge in [0.2, 0.25) is 11.8 Å². The highest BCUT2D eigenvalue weighted by Gasteiger charge is 2.08. The third-order valence-corrected chi connectivity index (χ3v) is 5.10. The Morgan fingerprint density at radius 3 is 2.17 bits per heavy atom. The van der Waals surface area contributed by atoms with E-state index in [-0.39, 0.29) is 24.7 Å². The average molecular weight is 474 g/mol. The summed E-state index contributed by atoms with van der Waals surface area (Å²) >= 11 is 0. The molecule has 0 spiro atoms. The predicted molar refractivity (Wildman–Crippen MR) is 138 cm³/mol. The quantitative estimate of drug-likeness (QED) is 0.298. The molecule has 182 valence electrons. The van der Waals surface area contributed by atoms with E-state index in [0.29, 0.717) is 30.4 Å². The third-order valence-electron chi connectivity index (χ3n) is 5.10. The van der Waals surface area contributed by atoms with Crippen molar-refractivity contribution in [3.63, 3.8) is 0 Å². The van der Waals surface area contributed by atoms with Crippen molar-refractivity contribution in [1.29, 1.82) is 0 Å². The average Bonchev–Trinajstić information content (AvgIpc) is 2.85. The number of hydrogen-bond acceptors (Lipinski definition) is 5. The zero-order chi connectivity index (χ0) is 25.0. The highest BCUT2D eigenvalue weighted by atomic mass is 16.5. The number of benzene rings is 3. The number of hydrazone groups is 1. The topological polar surface area (TPSA) is 89.0 Å². The molecule has 0 radical (unpaired) electrons. The van der Waals surface area contributed by atoms with E-state index in [1.165, 1.54) is 11.8 Å². The minimum absolute atomic E-state index is 0.0328. The first-order valence-corrected chi connectivity index (χ1v) is 11.6. The standard InChI is InChI=1S/C28H31N3O4/c1-4-34-26-17-23(11-14-25(26)35-19-22-9-5-20(2)6-10-22)18-29-31-28(33)16-15-27(32)30-24-12-7-21(3)8-13-24/h5-14,17-18H,4,15-16,19H2,1-3H3,(H,30,32)(H,31,33). The van der Waals surface area contributed by atoms with Crippen LogP contribution in [-0.2, 0) is 16.2 Å². The first-order chi connectivity index (χ1) is 16.9. The van der Waals surface area contributed by atoms with Crippen LogP contribution in [0, 0.1) is 13.8 Å². The smallest absolute Gasteiger partial charge is 0.240 e. The van der Waals surface area contributed by atoms with E-state index in [1.54, 1.807) is 6.07 Å². The summed E-state index contributed by atoms with van der Waals surface area (Å²) < 4.78 is 11.7. The highest BCUT2D eigenvalue weighted by molar-refractivity contribution is 5.93. The maximum Gasteiger partial charge on any atom is 0.240 e. The van der Waals surface area contributed by atoms with Crippen molar-refractivity contribution < 1.29 is 19.1 Å². The van der Waals surface area contributed by atoms with Gasteiger partial charge in [0.15, 0.2) is 11.5 Å². The molecule has 0 aromatic heterocycles. The number of ether oxygens (including phenoxy) is 2. The summed E-state index contributed by atoms with van der Waals surface area (Å²) in [6.45, 7) is 6.84. The van der Waals surface area contributed by atoms with Crippen LogP contribution >= 0.6 is 0 Å². The van der Waals surface area contributed by atoms with Crippen LogP contribution in [-0.4, -0.2) is 24.6 Å². The van der Waals surface area contributed by atoms with E-state index in [9.17, 15) is 9.59 Å². The van der Waals surface area contributed by atoms with E-state index in [2.05, 4.69) is 15.8 Å². The summed E-state index contributed by atoms with van der Waals surface area (Å²) in [5.74, 6) is 0.662. The van der Waals surface area contributed by atoms with Crippen molar-refractivity contribution in [1.82, 2.24) is 5.43 Å². The van der Waals surface area contributed by atoms with Gasteiger partial charge in [0.1, 0.15) is 6.61 Å². The lowest BCUT2D eigenvalue weighted by molar-refractivity contribution is -0.124. The highest BCUT2D eigenvalue weighted by Crippen LogP contribution is 2.29. The zero-order valence-electron chi connectivity index (χ0n) is 20.3. The van der Waals surface area contributed by atoms with Gasteiger partial charge in [-0.15, -0.1) is 0 Å². The van der Waals surface area contributed by atoms with Gasteiger partial charge in [-0.25, -0.2) is 5.43 Å². The van der Waals surface area contributed by atoms with E-state index in [4.69, 9.17) is 9.47 Å². The van der Waals surface area contributed by atoms with Crippen molar-refractivity contribution in [2.75, 3.05) is 11.9 Å². The van der Waals surface area contributed by atoms with Gasteiger partial charge in [-0.2, -0.15) is 5.10 Å². The Morgan fingerprint density at radius 2 is 1.49 bits per heavy atom. The lowest BCUT2D eigenvalue weighted by Gasteiger charge is -2.12. The minimum Gasteiger partial charge on any atom is -0.490 e. The maximum absolute atomic E-state index is 12.0. The van der Waals surface area contributed by atoms with Crippen LogP contribution < -0.4 is 20.2 Å². The largest absolute Gasteiger partial charge is 0.490 e. The van der Waals surface area contributed by atoms with Crippen LogP contribution in [0.15, 0.2) is 71.8 Å². The molecule has 0 unspecified atom stereocenters. The van der Waals surface area contributed by atoms with Crippen molar-refractivity contribution in [2.24, 2.45) is 5.10 Å². The Morgan fingerprint density at radius 1 is 0.829 bits per heavy atom. The molecule has 0 atom stereocenters. The van der Waals surface area contributed by atoms with Gasteiger partial charge in [-0.05, 0) is 62.2 Å². The van der Waals surface area contributed by atoms with E-state index >= 15 is 0 Å². The zero-order valence-corrected chi connectivity index (χ0v) is 20.3. The first kappa shape index (κ1) is 25.5. The number of hydrogen-bond donors (Lipinski definition) is 2. The Labute approximate surface area is 206 Å². The second-order valence-electron chi connectivity index (χ2n) is 8.12. The number of aryl methyl sites for hydroxylation is 2. The molecule has 3 aromatic carbocycles. The third kappa shape index (κ3) is 8.62. The molecule has 0 aliphatic heterocycles. The normalized spacial score (nSPS) is 10.7. The van der Waals surface area contributed by atoms with Crippen molar-refractivity contribution in [3.05, 3.63) is 89.0 Å². The molecule has 7 nitrogen and oxygen atoms in total. The first-order valence-electron chi connectivity index (χ1n) is 11.6. The molecule has 2 amide bonds. The Bertz CT molecular complexity index is 1160. The molecular formula is C28H31N3O4. The fraction of sp³-hybridized carbons (Fsp3) is 0.250. The lowest BCUT2D eigenvalue weighted by atomic mass is 10.2. The molecule has 2 N–H and O–H groups in total. The van der Waals surface area contributed by atoms with Crippen LogP contribution in [0.3, 0.4) is 0 Å². The molecule has 3 rings (SSSR count). The summed E-state index contributed by atoms with van der Waals surface area (Å²) in [4.78, 5) is 24.1. The molecule has 0 heterocycles. The molecule has 0 saturated carbocycles. The Kier molecular flexibility index (Phi) is 9.42. The Balaban J connectivity index is 1.48. The molecule has 0 fully saturated rings. The maximum atomic E-state index is 12.0. The second-order valence-corrected chi connectivity index (χ2v) is 8.12. The number of nitrogens with zero attached hydrogens (tertiary/aromatic N) is 1. The molecule has 35 heavy (non-hydrogen) atoms. The van der Waals surface area contributed by atoms with E-state index < -0.39 is 0 Å². The predicted octanol–water partition coefficient (Wildman–Crippen LogP) is 5.15. The van der Waals surface area contributed by atoms with E-state index in [1.807, 2.05) is 81.4 Å². The Hall–Kier alpha value is -4.13. The SMILES string of the molecule is CCOc1cc(C=NNC(=O)CCC(=O)Nc2ccc(C)cc2)ccc1OCc1ccc(C)cc1. The number of anilines is 1. The summed E-state index contributed by atoms with van der Waals surface area (Å²) in [7, 11) is 0. The lowest BCUT2D eigenvalue weighted by Crippen LogP contribution is -2.20. The van der Waals surface area contributed by atoms with Crippen LogP contribution in [0.25, 0.3) is 0 Å². The number of nitrogens with one attached hydrogen (secondary N) is 2. The van der Waals surface area contributed by atoms with Gasteiger partial charge in [0.25, 0.3) is 0 Å². The molecule has 0 bridgehead atoms. The van der Waals surface area contributed by atoms with Gasteiger partial charge in [-0.1, -0.05) is 47.5 Å². The van der Waals surface area contributed by atoms with Crippen LogP contribution in [0.2, 0.25) is 0 Å². The fourth-order valence-corrected chi connectivity index (χ4v) is 3.16. The number of amides is 2. The number of rotatable bonds is 11. The molecule has 0 aliphatic carbocycles. The number of carbonyl (C=O) groups excluding carboxylic acids is 2. The molecule has 0 saturated heterocycles. The summed E-state index contributed by atoms with van der Waals surface area (Å²) in [6.07, 6.45) is 1.62. The van der Waals surface area contributed by atoms with Crippen molar-refractivity contribution in [2.45, 2.75) is 40.2 Å². The van der Waals surface area contributed by atoms with Crippen LogP contribution in [0.5, 0.6) is 11.5 Å². The second kappa shape index (κ2) is 12.9. The van der Waals surface area contributed by atoms with Gasteiger partial charge >= 0.3 is 0 Å².